The highest BCUT2D eigenvalue weighted by atomic mass is 32.2. The van der Waals surface area contributed by atoms with Crippen LogP contribution in [0.2, 0.25) is 0 Å². The van der Waals surface area contributed by atoms with E-state index in [0.29, 0.717) is 24.8 Å². The lowest BCUT2D eigenvalue weighted by Gasteiger charge is -2.26. The van der Waals surface area contributed by atoms with Crippen LogP contribution in [0.25, 0.3) is 10.9 Å². The Kier molecular flexibility index (Phi) is 6.37. The summed E-state index contributed by atoms with van der Waals surface area (Å²) in [5.41, 5.74) is 4.31. The molecule has 7 nitrogen and oxygen atoms in total. The highest BCUT2D eigenvalue weighted by Crippen LogP contribution is 2.29. The van der Waals surface area contributed by atoms with Crippen LogP contribution in [0.3, 0.4) is 0 Å². The van der Waals surface area contributed by atoms with Crippen LogP contribution in [-0.4, -0.2) is 43.3 Å². The van der Waals surface area contributed by atoms with Gasteiger partial charge in [-0.15, -0.1) is 0 Å². The van der Waals surface area contributed by atoms with Gasteiger partial charge in [0.2, 0.25) is 0 Å². The van der Waals surface area contributed by atoms with Crippen molar-refractivity contribution >= 4 is 27.0 Å². The minimum Gasteiger partial charge on any atom is -0.332 e. The minimum absolute atomic E-state index is 0.379. The van der Waals surface area contributed by atoms with E-state index >= 15 is 0 Å². The number of aryl methyl sites for hydroxylation is 1. The maximum Gasteiger partial charge on any atom is 0.303 e. The number of hydrogen-bond acceptors (Lipinski definition) is 4. The lowest BCUT2D eigenvalue weighted by Crippen LogP contribution is -2.41. The van der Waals surface area contributed by atoms with Crippen LogP contribution >= 0.6 is 0 Å². The summed E-state index contributed by atoms with van der Waals surface area (Å²) in [6.45, 7) is 3.01. The number of aromatic nitrogens is 1. The number of benzene rings is 2. The number of rotatable bonds is 8. The molecule has 1 aromatic heterocycles. The predicted molar refractivity (Wildman–Crippen MR) is 127 cm³/mol. The van der Waals surface area contributed by atoms with Crippen molar-refractivity contribution in [3.05, 3.63) is 70.9 Å². The van der Waals surface area contributed by atoms with Gasteiger partial charge in [-0.05, 0) is 31.4 Å². The van der Waals surface area contributed by atoms with Gasteiger partial charge in [-0.3, -0.25) is 4.79 Å². The maximum atomic E-state index is 13.4. The van der Waals surface area contributed by atoms with Gasteiger partial charge in [0.25, 0.3) is 5.91 Å². The summed E-state index contributed by atoms with van der Waals surface area (Å²) in [6, 6.07) is 16.5. The van der Waals surface area contributed by atoms with Crippen LogP contribution in [0.15, 0.2) is 48.5 Å². The number of fused-ring (bicyclic) bond motifs is 1. The first-order valence-corrected chi connectivity index (χ1v) is 12.3. The highest BCUT2D eigenvalue weighted by Gasteiger charge is 2.27. The van der Waals surface area contributed by atoms with Crippen molar-refractivity contribution in [2.45, 2.75) is 45.3 Å². The number of hydrogen-bond donors (Lipinski definition) is 2. The Hall–Kier alpha value is -2.68. The third-order valence-corrected chi connectivity index (χ3v) is 7.53. The Morgan fingerprint density at radius 2 is 1.78 bits per heavy atom. The van der Waals surface area contributed by atoms with Gasteiger partial charge in [0.05, 0.1) is 0 Å². The van der Waals surface area contributed by atoms with E-state index in [9.17, 15) is 13.2 Å². The summed E-state index contributed by atoms with van der Waals surface area (Å²) >= 11 is 0. The van der Waals surface area contributed by atoms with Gasteiger partial charge in [0.1, 0.15) is 5.69 Å². The molecule has 3 aromatic rings. The second-order valence-electron chi connectivity index (χ2n) is 8.64. The average Bonchev–Trinajstić information content (AvgIpc) is 3.02. The molecule has 0 saturated heterocycles. The molecular weight excluding hydrogens is 424 g/mol. The molecular formula is C24H30N4O3S. The smallest absolute Gasteiger partial charge is 0.303 e. The second-order valence-corrected chi connectivity index (χ2v) is 10.5. The SMILES string of the molecule is Cc1ccc(Cn2c(C(=O)NS(=O)(=O)N(C)C)c(CNC3CCC3)c3ccccc32)cc1. The van der Waals surface area contributed by atoms with Crippen molar-refractivity contribution in [1.82, 2.24) is 18.9 Å². The van der Waals surface area contributed by atoms with Crippen molar-refractivity contribution < 1.29 is 13.2 Å². The summed E-state index contributed by atoms with van der Waals surface area (Å²) in [6.07, 6.45) is 3.46. The van der Waals surface area contributed by atoms with Crippen molar-refractivity contribution in [1.29, 1.82) is 0 Å². The molecule has 1 aliphatic rings. The van der Waals surface area contributed by atoms with Crippen LogP contribution < -0.4 is 10.0 Å². The Morgan fingerprint density at radius 3 is 2.41 bits per heavy atom. The Morgan fingerprint density at radius 1 is 1.09 bits per heavy atom. The van der Waals surface area contributed by atoms with Crippen LogP contribution in [0.5, 0.6) is 0 Å². The largest absolute Gasteiger partial charge is 0.332 e. The van der Waals surface area contributed by atoms with Crippen molar-refractivity contribution in [3.63, 3.8) is 0 Å². The molecule has 0 atom stereocenters. The molecule has 0 spiro atoms. The summed E-state index contributed by atoms with van der Waals surface area (Å²) in [5, 5.41) is 4.50. The molecule has 4 rings (SSSR count). The molecule has 170 valence electrons. The van der Waals surface area contributed by atoms with E-state index in [2.05, 4.69) is 10.0 Å². The molecule has 1 saturated carbocycles. The molecule has 0 bridgehead atoms. The molecule has 1 fully saturated rings. The predicted octanol–water partition coefficient (Wildman–Crippen LogP) is 3.18. The van der Waals surface area contributed by atoms with Crippen molar-refractivity contribution in [3.8, 4) is 0 Å². The fourth-order valence-corrected chi connectivity index (χ4v) is 4.48. The lowest BCUT2D eigenvalue weighted by molar-refractivity contribution is 0.0970. The molecule has 32 heavy (non-hydrogen) atoms. The molecule has 0 unspecified atom stereocenters. The fourth-order valence-electron chi connectivity index (χ4n) is 3.97. The van der Waals surface area contributed by atoms with E-state index in [0.717, 1.165) is 44.7 Å². The van der Waals surface area contributed by atoms with Crippen LogP contribution in [0, 0.1) is 6.92 Å². The number of para-hydroxylation sites is 1. The molecule has 0 radical (unpaired) electrons. The monoisotopic (exact) mass is 454 g/mol. The molecule has 1 heterocycles. The van der Waals surface area contributed by atoms with E-state index in [1.165, 1.54) is 20.5 Å². The van der Waals surface area contributed by atoms with E-state index in [1.807, 2.05) is 60.0 Å². The van der Waals surface area contributed by atoms with Gasteiger partial charge in [-0.2, -0.15) is 12.7 Å². The third-order valence-electron chi connectivity index (χ3n) is 6.13. The van der Waals surface area contributed by atoms with Gasteiger partial charge in [0.15, 0.2) is 0 Å². The second kappa shape index (κ2) is 9.05. The first-order valence-electron chi connectivity index (χ1n) is 10.9. The zero-order valence-corrected chi connectivity index (χ0v) is 19.6. The van der Waals surface area contributed by atoms with Gasteiger partial charge >= 0.3 is 10.2 Å². The maximum absolute atomic E-state index is 13.4. The lowest BCUT2D eigenvalue weighted by atomic mass is 9.93. The highest BCUT2D eigenvalue weighted by molar-refractivity contribution is 7.87. The van der Waals surface area contributed by atoms with Crippen molar-refractivity contribution in [2.24, 2.45) is 0 Å². The quantitative estimate of drug-likeness (QED) is 0.548. The fraction of sp³-hybridized carbons (Fsp3) is 0.375. The Balaban J connectivity index is 1.82. The number of carbonyl (C=O) groups is 1. The summed E-state index contributed by atoms with van der Waals surface area (Å²) in [7, 11) is -1.12. The van der Waals surface area contributed by atoms with E-state index in [4.69, 9.17) is 0 Å². The van der Waals surface area contributed by atoms with Crippen LogP contribution in [0.1, 0.15) is 46.4 Å². The average molecular weight is 455 g/mol. The zero-order chi connectivity index (χ0) is 22.9. The van der Waals surface area contributed by atoms with Gasteiger partial charge in [-0.25, -0.2) is 4.72 Å². The van der Waals surface area contributed by atoms with Gasteiger partial charge in [-0.1, -0.05) is 54.4 Å². The minimum atomic E-state index is -3.92. The zero-order valence-electron chi connectivity index (χ0n) is 18.8. The van der Waals surface area contributed by atoms with Gasteiger partial charge < -0.3 is 9.88 Å². The molecule has 2 N–H and O–H groups in total. The summed E-state index contributed by atoms with van der Waals surface area (Å²) in [4.78, 5) is 13.4. The van der Waals surface area contributed by atoms with Crippen molar-refractivity contribution in [2.75, 3.05) is 14.1 Å². The van der Waals surface area contributed by atoms with E-state index in [1.54, 1.807) is 0 Å². The molecule has 2 aromatic carbocycles. The Labute approximate surface area is 189 Å². The van der Waals surface area contributed by atoms with E-state index < -0.39 is 16.1 Å². The molecule has 1 amide bonds. The standard InChI is InChI=1S/C24H30N4O3S/c1-17-11-13-18(14-12-17)16-28-22-10-5-4-9-20(22)21(15-25-19-7-6-8-19)23(28)24(29)26-32(30,31)27(2)3/h4-5,9-14,19,25H,6-8,15-16H2,1-3H3,(H,26,29). The molecule has 0 aliphatic heterocycles. The first-order chi connectivity index (χ1) is 15.3. The first kappa shape index (κ1) is 22.5. The van der Waals surface area contributed by atoms with Gasteiger partial charge in [0, 0.05) is 49.7 Å². The topological polar surface area (TPSA) is 83.4 Å². The summed E-state index contributed by atoms with van der Waals surface area (Å²) in [5.74, 6) is -0.618. The normalized spacial score (nSPS) is 14.6. The number of carbonyl (C=O) groups excluding carboxylic acids is 1. The third kappa shape index (κ3) is 4.57. The summed E-state index contributed by atoms with van der Waals surface area (Å²) < 4.78 is 30.0. The molecule has 1 aliphatic carbocycles. The van der Waals surface area contributed by atoms with Crippen LogP contribution in [-0.2, 0) is 23.3 Å². The Bertz CT molecular complexity index is 1230. The molecule has 8 heteroatoms. The number of amides is 1. The number of nitrogens with zero attached hydrogens (tertiary/aromatic N) is 2. The van der Waals surface area contributed by atoms with Crippen LogP contribution in [0.4, 0.5) is 0 Å². The number of nitrogens with one attached hydrogen (secondary N) is 2. The van der Waals surface area contributed by atoms with E-state index in [-0.39, 0.29) is 0 Å².